The molecule has 0 unspecified atom stereocenters. The Morgan fingerprint density at radius 1 is 1.64 bits per heavy atom. The molecule has 0 aliphatic heterocycles. The van der Waals surface area contributed by atoms with Gasteiger partial charge in [0.05, 0.1) is 7.11 Å². The zero-order valence-electron chi connectivity index (χ0n) is 7.18. The summed E-state index contributed by atoms with van der Waals surface area (Å²) in [6.45, 7) is 1.75. The zero-order valence-corrected chi connectivity index (χ0v) is 7.18. The molecule has 0 aliphatic rings. The van der Waals surface area contributed by atoms with Crippen LogP contribution in [0.1, 0.15) is 19.8 Å². The first-order chi connectivity index (χ1) is 5.22. The van der Waals surface area contributed by atoms with Gasteiger partial charge in [0.1, 0.15) is 0 Å². The third-order valence-electron chi connectivity index (χ3n) is 1.27. The molecule has 0 fully saturated rings. The molecule has 0 N–H and O–H groups in total. The molecule has 0 atom stereocenters. The Hall–Kier alpha value is -1.01. The van der Waals surface area contributed by atoms with Crippen LogP contribution < -0.4 is 0 Å². The van der Waals surface area contributed by atoms with E-state index in [0.717, 1.165) is 0 Å². The van der Waals surface area contributed by atoms with Crippen LogP contribution in [0.3, 0.4) is 0 Å². The highest BCUT2D eigenvalue weighted by atomic mass is 16.7. The first-order valence-electron chi connectivity index (χ1n) is 3.42. The van der Waals surface area contributed by atoms with Crippen molar-refractivity contribution in [2.45, 2.75) is 19.8 Å². The molecule has 0 aliphatic carbocycles. The molecule has 0 rings (SSSR count). The largest absolute Gasteiger partial charge is 0.275 e. The van der Waals surface area contributed by atoms with Crippen molar-refractivity contribution in [2.75, 3.05) is 14.2 Å². The van der Waals surface area contributed by atoms with E-state index in [-0.39, 0.29) is 5.91 Å². The molecule has 3 nitrogen and oxygen atoms in total. The minimum absolute atomic E-state index is 0.0461. The first-order valence-corrected chi connectivity index (χ1v) is 3.42. The van der Waals surface area contributed by atoms with Crippen LogP contribution >= 0.6 is 0 Å². The summed E-state index contributed by atoms with van der Waals surface area (Å²) in [5, 5.41) is 1.21. The van der Waals surface area contributed by atoms with Crippen molar-refractivity contribution in [3.8, 4) is 11.8 Å². The van der Waals surface area contributed by atoms with Crippen LogP contribution in [0.2, 0.25) is 0 Å². The van der Waals surface area contributed by atoms with Gasteiger partial charge in [0.25, 0.3) is 0 Å². The fourth-order valence-corrected chi connectivity index (χ4v) is 0.554. The molecule has 0 saturated heterocycles. The molecule has 0 aromatic heterocycles. The van der Waals surface area contributed by atoms with Crippen LogP contribution in [0.4, 0.5) is 0 Å². The van der Waals surface area contributed by atoms with Gasteiger partial charge in [0.2, 0.25) is 5.91 Å². The predicted octanol–water partition coefficient (Wildman–Crippen LogP) is 0.810. The van der Waals surface area contributed by atoms with Gasteiger partial charge in [-0.25, -0.2) is 5.06 Å². The van der Waals surface area contributed by atoms with Gasteiger partial charge in [-0.3, -0.25) is 9.63 Å². The van der Waals surface area contributed by atoms with Gasteiger partial charge in [-0.2, -0.15) is 0 Å². The Bertz CT molecular complexity index is 178. The number of hydroxylamine groups is 2. The Morgan fingerprint density at radius 2 is 2.27 bits per heavy atom. The van der Waals surface area contributed by atoms with Gasteiger partial charge in [-0.1, -0.05) is 0 Å². The van der Waals surface area contributed by atoms with Crippen molar-refractivity contribution >= 4 is 5.91 Å². The fraction of sp³-hybridized carbons (Fsp3) is 0.625. The second-order valence-electron chi connectivity index (χ2n) is 2.00. The van der Waals surface area contributed by atoms with E-state index >= 15 is 0 Å². The average Bonchev–Trinajstić information content (AvgIpc) is 2.03. The van der Waals surface area contributed by atoms with Gasteiger partial charge >= 0.3 is 0 Å². The molecule has 11 heavy (non-hydrogen) atoms. The number of rotatable bonds is 3. The van der Waals surface area contributed by atoms with Crippen LogP contribution in [0.5, 0.6) is 0 Å². The maximum absolute atomic E-state index is 11.0. The van der Waals surface area contributed by atoms with E-state index in [2.05, 4.69) is 16.7 Å². The van der Waals surface area contributed by atoms with Crippen LogP contribution in [0.25, 0.3) is 0 Å². The molecule has 0 aromatic carbocycles. The lowest BCUT2D eigenvalue weighted by Crippen LogP contribution is -2.24. The summed E-state index contributed by atoms with van der Waals surface area (Å²) in [6.07, 6.45) is 1.02. The molecule has 1 amide bonds. The van der Waals surface area contributed by atoms with E-state index in [1.54, 1.807) is 14.0 Å². The summed E-state index contributed by atoms with van der Waals surface area (Å²) >= 11 is 0. The normalized spacial score (nSPS) is 8.27. The summed E-state index contributed by atoms with van der Waals surface area (Å²) in [6, 6.07) is 0. The van der Waals surface area contributed by atoms with E-state index in [9.17, 15) is 4.79 Å². The molecule has 0 aromatic rings. The quantitative estimate of drug-likeness (QED) is 0.446. The second kappa shape index (κ2) is 5.75. The van der Waals surface area contributed by atoms with E-state index in [0.29, 0.717) is 12.8 Å². The minimum atomic E-state index is -0.0461. The molecule has 3 heteroatoms. The Kier molecular flexibility index (Phi) is 5.22. The highest BCUT2D eigenvalue weighted by Crippen LogP contribution is 1.93. The smallest absolute Gasteiger partial charge is 0.246 e. The van der Waals surface area contributed by atoms with Gasteiger partial charge in [-0.15, -0.1) is 11.8 Å². The lowest BCUT2D eigenvalue weighted by molar-refractivity contribution is -0.168. The van der Waals surface area contributed by atoms with Gasteiger partial charge in [0.15, 0.2) is 0 Å². The average molecular weight is 155 g/mol. The summed E-state index contributed by atoms with van der Waals surface area (Å²) in [5.41, 5.74) is 0. The Labute approximate surface area is 67.3 Å². The number of hydrogen-bond acceptors (Lipinski definition) is 2. The minimum Gasteiger partial charge on any atom is -0.275 e. The summed E-state index contributed by atoms with van der Waals surface area (Å²) in [4.78, 5) is 15.7. The van der Waals surface area contributed by atoms with Crippen LogP contribution in [0.15, 0.2) is 0 Å². The van der Waals surface area contributed by atoms with Crippen LogP contribution in [-0.2, 0) is 9.63 Å². The van der Waals surface area contributed by atoms with E-state index in [1.807, 2.05) is 0 Å². The number of carbonyl (C=O) groups is 1. The van der Waals surface area contributed by atoms with Crippen molar-refractivity contribution in [1.82, 2.24) is 5.06 Å². The number of nitrogens with zero attached hydrogens (tertiary/aromatic N) is 1. The number of amides is 1. The zero-order chi connectivity index (χ0) is 8.69. The number of hydrogen-bond donors (Lipinski definition) is 0. The van der Waals surface area contributed by atoms with E-state index < -0.39 is 0 Å². The number of carbonyl (C=O) groups excluding carboxylic acids is 1. The molecular weight excluding hydrogens is 142 g/mol. The first kappa shape index (κ1) is 9.99. The lowest BCUT2D eigenvalue weighted by atomic mass is 10.3. The molecular formula is C8H13NO2. The van der Waals surface area contributed by atoms with Crippen molar-refractivity contribution in [2.24, 2.45) is 0 Å². The predicted molar refractivity (Wildman–Crippen MR) is 42.5 cm³/mol. The second-order valence-corrected chi connectivity index (χ2v) is 2.00. The third kappa shape index (κ3) is 4.40. The van der Waals surface area contributed by atoms with Crippen LogP contribution in [-0.4, -0.2) is 25.1 Å². The van der Waals surface area contributed by atoms with E-state index in [1.165, 1.54) is 12.2 Å². The SMILES string of the molecule is CC#CCCC(=O)N(C)OC. The monoisotopic (exact) mass is 155 g/mol. The molecule has 0 spiro atoms. The maximum atomic E-state index is 11.0. The maximum Gasteiger partial charge on any atom is 0.246 e. The lowest BCUT2D eigenvalue weighted by Gasteiger charge is -2.11. The van der Waals surface area contributed by atoms with Gasteiger partial charge in [-0.05, 0) is 6.92 Å². The molecule has 0 radical (unpaired) electrons. The highest BCUT2D eigenvalue weighted by Gasteiger charge is 2.04. The van der Waals surface area contributed by atoms with Gasteiger partial charge in [0, 0.05) is 19.9 Å². The Balaban J connectivity index is 3.57. The molecule has 0 heterocycles. The van der Waals surface area contributed by atoms with Crippen molar-refractivity contribution in [1.29, 1.82) is 0 Å². The fourth-order valence-electron chi connectivity index (χ4n) is 0.554. The van der Waals surface area contributed by atoms with Crippen molar-refractivity contribution < 1.29 is 9.63 Å². The van der Waals surface area contributed by atoms with Crippen molar-refractivity contribution in [3.05, 3.63) is 0 Å². The summed E-state index contributed by atoms with van der Waals surface area (Å²) in [5.74, 6) is 5.48. The molecule has 0 saturated carbocycles. The molecule has 0 bridgehead atoms. The van der Waals surface area contributed by atoms with Crippen molar-refractivity contribution in [3.63, 3.8) is 0 Å². The summed E-state index contributed by atoms with van der Waals surface area (Å²) in [7, 11) is 3.05. The third-order valence-corrected chi connectivity index (χ3v) is 1.27. The van der Waals surface area contributed by atoms with E-state index in [4.69, 9.17) is 0 Å². The highest BCUT2D eigenvalue weighted by molar-refractivity contribution is 5.74. The molecule has 62 valence electrons. The topological polar surface area (TPSA) is 29.5 Å². The standard InChI is InChI=1S/C8H13NO2/c1-4-5-6-7-8(10)9(2)11-3/h6-7H2,1-3H3. The summed E-state index contributed by atoms with van der Waals surface area (Å²) < 4.78 is 0. The Morgan fingerprint density at radius 3 is 2.73 bits per heavy atom. The van der Waals surface area contributed by atoms with Gasteiger partial charge < -0.3 is 0 Å². The van der Waals surface area contributed by atoms with Crippen LogP contribution in [0, 0.1) is 11.8 Å².